The Hall–Kier alpha value is -2.28. The number of hydrogen-bond donors (Lipinski definition) is 2. The number of benzene rings is 1. The van der Waals surface area contributed by atoms with E-state index in [1.165, 1.54) is 24.4 Å². The lowest BCUT2D eigenvalue weighted by molar-refractivity contribution is -0.137. The van der Waals surface area contributed by atoms with Crippen LogP contribution in [0, 0.1) is 0 Å². The Kier molecular flexibility index (Phi) is 4.04. The van der Waals surface area contributed by atoms with Crippen molar-refractivity contribution in [3.05, 3.63) is 52.7 Å². The topological polar surface area (TPSA) is 68.0 Å². The zero-order chi connectivity index (χ0) is 15.6. The molecule has 1 amide bonds. The zero-order valence-corrected chi connectivity index (χ0v) is 11.2. The molecule has 1 aromatic heterocycles. The van der Waals surface area contributed by atoms with E-state index < -0.39 is 17.6 Å². The Labute approximate surface area is 122 Å². The number of nitrogens with one attached hydrogen (secondary N) is 1. The van der Waals surface area contributed by atoms with Gasteiger partial charge in [0.15, 0.2) is 0 Å². The molecule has 8 heteroatoms. The number of carbonyl (C=O) groups excluding carboxylic acids is 1. The summed E-state index contributed by atoms with van der Waals surface area (Å²) in [5.41, 5.74) is 4.54. The first-order valence-corrected chi connectivity index (χ1v) is 6.04. The third-order valence-corrected chi connectivity index (χ3v) is 2.75. The molecule has 3 N–H and O–H groups in total. The predicted molar refractivity (Wildman–Crippen MR) is 73.1 cm³/mol. The average Bonchev–Trinajstić information content (AvgIpc) is 2.37. The lowest BCUT2D eigenvalue weighted by atomic mass is 10.2. The molecule has 2 rings (SSSR count). The second-order valence-corrected chi connectivity index (χ2v) is 4.59. The Morgan fingerprint density at radius 2 is 1.95 bits per heavy atom. The molecule has 0 aliphatic carbocycles. The molecular formula is C13H9ClF3N3O. The standard InChI is InChI=1S/C13H9ClF3N3O/c14-9-3-8(13(15,16)17)4-10(5-9)20-12(21)7-1-2-11(18)19-6-7/h1-6H,(H2,18,19)(H,20,21). The van der Waals surface area contributed by atoms with E-state index in [4.69, 9.17) is 17.3 Å². The minimum Gasteiger partial charge on any atom is -0.384 e. The first-order chi connectivity index (χ1) is 9.75. The zero-order valence-electron chi connectivity index (χ0n) is 10.4. The summed E-state index contributed by atoms with van der Waals surface area (Å²) in [6.45, 7) is 0. The Balaban J connectivity index is 2.25. The van der Waals surface area contributed by atoms with Crippen molar-refractivity contribution >= 4 is 29.0 Å². The first-order valence-electron chi connectivity index (χ1n) is 5.66. The number of amides is 1. The number of halogens is 4. The van der Waals surface area contributed by atoms with E-state index in [0.29, 0.717) is 0 Å². The van der Waals surface area contributed by atoms with Gasteiger partial charge in [0, 0.05) is 16.9 Å². The Morgan fingerprint density at radius 1 is 1.24 bits per heavy atom. The molecule has 0 saturated heterocycles. The Morgan fingerprint density at radius 3 is 2.52 bits per heavy atom. The number of rotatable bonds is 2. The minimum atomic E-state index is -4.55. The van der Waals surface area contributed by atoms with Crippen molar-refractivity contribution in [2.75, 3.05) is 11.1 Å². The van der Waals surface area contributed by atoms with Crippen molar-refractivity contribution in [2.24, 2.45) is 0 Å². The van der Waals surface area contributed by atoms with Crippen LogP contribution >= 0.6 is 11.6 Å². The van der Waals surface area contributed by atoms with Gasteiger partial charge in [0.25, 0.3) is 5.91 Å². The van der Waals surface area contributed by atoms with E-state index in [0.717, 1.165) is 12.1 Å². The molecule has 0 fully saturated rings. The molecule has 1 heterocycles. The van der Waals surface area contributed by atoms with Crippen LogP contribution in [0.1, 0.15) is 15.9 Å². The fourth-order valence-electron chi connectivity index (χ4n) is 1.57. The third kappa shape index (κ3) is 3.85. The molecule has 0 aliphatic rings. The van der Waals surface area contributed by atoms with Gasteiger partial charge in [-0.1, -0.05) is 11.6 Å². The molecule has 21 heavy (non-hydrogen) atoms. The van der Waals surface area contributed by atoms with Crippen molar-refractivity contribution < 1.29 is 18.0 Å². The van der Waals surface area contributed by atoms with E-state index in [2.05, 4.69) is 10.3 Å². The fourth-order valence-corrected chi connectivity index (χ4v) is 1.80. The molecule has 0 atom stereocenters. The van der Waals surface area contributed by atoms with E-state index in [1.54, 1.807) is 0 Å². The summed E-state index contributed by atoms with van der Waals surface area (Å²) in [6, 6.07) is 5.62. The van der Waals surface area contributed by atoms with Gasteiger partial charge in [0.2, 0.25) is 0 Å². The van der Waals surface area contributed by atoms with Crippen molar-refractivity contribution in [1.82, 2.24) is 4.98 Å². The number of carbonyl (C=O) groups is 1. The monoisotopic (exact) mass is 315 g/mol. The SMILES string of the molecule is Nc1ccc(C(=O)Nc2cc(Cl)cc(C(F)(F)F)c2)cn1. The summed E-state index contributed by atoms with van der Waals surface area (Å²) < 4.78 is 38.0. The number of anilines is 2. The largest absolute Gasteiger partial charge is 0.416 e. The summed E-state index contributed by atoms with van der Waals surface area (Å²) in [7, 11) is 0. The fraction of sp³-hybridized carbons (Fsp3) is 0.0769. The summed E-state index contributed by atoms with van der Waals surface area (Å²) in [6.07, 6.45) is -3.33. The van der Waals surface area contributed by atoms with Crippen LogP contribution in [0.4, 0.5) is 24.7 Å². The lowest BCUT2D eigenvalue weighted by Crippen LogP contribution is -2.13. The van der Waals surface area contributed by atoms with Crippen molar-refractivity contribution in [2.45, 2.75) is 6.18 Å². The van der Waals surface area contributed by atoms with Crippen LogP contribution < -0.4 is 11.1 Å². The van der Waals surface area contributed by atoms with Crippen LogP contribution in [0.15, 0.2) is 36.5 Å². The number of alkyl halides is 3. The summed E-state index contributed by atoms with van der Waals surface area (Å²) in [5, 5.41) is 2.20. The molecule has 0 radical (unpaired) electrons. The van der Waals surface area contributed by atoms with Gasteiger partial charge >= 0.3 is 6.18 Å². The predicted octanol–water partition coefficient (Wildman–Crippen LogP) is 3.59. The number of nitrogens with zero attached hydrogens (tertiary/aromatic N) is 1. The lowest BCUT2D eigenvalue weighted by Gasteiger charge is -2.11. The smallest absolute Gasteiger partial charge is 0.384 e. The molecule has 0 aliphatic heterocycles. The number of pyridine rings is 1. The maximum Gasteiger partial charge on any atom is 0.416 e. The molecule has 1 aromatic carbocycles. The number of nitrogens with two attached hydrogens (primary N) is 1. The van der Waals surface area contributed by atoms with Crippen molar-refractivity contribution in [3.8, 4) is 0 Å². The van der Waals surface area contributed by atoms with Gasteiger partial charge in [0.1, 0.15) is 5.82 Å². The highest BCUT2D eigenvalue weighted by atomic mass is 35.5. The number of aromatic nitrogens is 1. The highest BCUT2D eigenvalue weighted by Gasteiger charge is 2.31. The van der Waals surface area contributed by atoms with E-state index >= 15 is 0 Å². The van der Waals surface area contributed by atoms with Crippen LogP contribution in [0.25, 0.3) is 0 Å². The molecule has 110 valence electrons. The Bertz CT molecular complexity index is 671. The summed E-state index contributed by atoms with van der Waals surface area (Å²) in [4.78, 5) is 15.6. The van der Waals surface area contributed by atoms with Gasteiger partial charge < -0.3 is 11.1 Å². The quantitative estimate of drug-likeness (QED) is 0.890. The van der Waals surface area contributed by atoms with Crippen LogP contribution in [0.2, 0.25) is 5.02 Å². The van der Waals surface area contributed by atoms with E-state index in [-0.39, 0.29) is 22.1 Å². The summed E-state index contributed by atoms with van der Waals surface area (Å²) >= 11 is 5.63. The first kappa shape index (κ1) is 15.1. The highest BCUT2D eigenvalue weighted by Crippen LogP contribution is 2.33. The molecule has 0 bridgehead atoms. The van der Waals surface area contributed by atoms with Crippen LogP contribution in [-0.2, 0) is 6.18 Å². The second-order valence-electron chi connectivity index (χ2n) is 4.15. The molecule has 4 nitrogen and oxygen atoms in total. The van der Waals surface area contributed by atoms with Crippen LogP contribution in [-0.4, -0.2) is 10.9 Å². The minimum absolute atomic E-state index is 0.0587. The maximum absolute atomic E-state index is 12.7. The van der Waals surface area contributed by atoms with Crippen LogP contribution in [0.3, 0.4) is 0 Å². The summed E-state index contributed by atoms with van der Waals surface area (Å²) in [5.74, 6) is -0.383. The van der Waals surface area contributed by atoms with Gasteiger partial charge in [-0.3, -0.25) is 4.79 Å². The van der Waals surface area contributed by atoms with E-state index in [9.17, 15) is 18.0 Å². The van der Waals surface area contributed by atoms with Gasteiger partial charge in [-0.2, -0.15) is 13.2 Å². The van der Waals surface area contributed by atoms with Crippen molar-refractivity contribution in [3.63, 3.8) is 0 Å². The van der Waals surface area contributed by atoms with Gasteiger partial charge in [0.05, 0.1) is 11.1 Å². The van der Waals surface area contributed by atoms with E-state index in [1.807, 2.05) is 0 Å². The second kappa shape index (κ2) is 5.61. The molecule has 0 saturated carbocycles. The molecule has 2 aromatic rings. The number of nitrogen functional groups attached to an aromatic ring is 1. The number of hydrogen-bond acceptors (Lipinski definition) is 3. The van der Waals surface area contributed by atoms with Crippen LogP contribution in [0.5, 0.6) is 0 Å². The van der Waals surface area contributed by atoms with Crippen molar-refractivity contribution in [1.29, 1.82) is 0 Å². The molecule has 0 unspecified atom stereocenters. The van der Waals surface area contributed by atoms with Gasteiger partial charge in [-0.05, 0) is 30.3 Å². The average molecular weight is 316 g/mol. The van der Waals surface area contributed by atoms with Gasteiger partial charge in [-0.15, -0.1) is 0 Å². The normalized spacial score (nSPS) is 11.2. The van der Waals surface area contributed by atoms with Gasteiger partial charge in [-0.25, -0.2) is 4.98 Å². The maximum atomic E-state index is 12.7. The highest BCUT2D eigenvalue weighted by molar-refractivity contribution is 6.31. The molecule has 0 spiro atoms. The third-order valence-electron chi connectivity index (χ3n) is 2.53. The molecular weight excluding hydrogens is 307 g/mol.